The summed E-state index contributed by atoms with van der Waals surface area (Å²) in [6.45, 7) is 0.902. The molecule has 2 rings (SSSR count). The van der Waals surface area contributed by atoms with Crippen molar-refractivity contribution >= 4 is 16.9 Å². The Balaban J connectivity index is 2.38. The number of nitrogens with zero attached hydrogens (tertiary/aromatic N) is 1. The zero-order valence-electron chi connectivity index (χ0n) is 8.76. The maximum atomic E-state index is 10.8. The molecule has 0 saturated carbocycles. The molecule has 0 unspecified atom stereocenters. The lowest BCUT2D eigenvalue weighted by Gasteiger charge is -2.03. The summed E-state index contributed by atoms with van der Waals surface area (Å²) < 4.78 is 2.01. The third-order valence-electron chi connectivity index (χ3n) is 2.58. The molecule has 4 heteroatoms. The molecular formula is C12H13NO3. The maximum absolute atomic E-state index is 10.8. The van der Waals surface area contributed by atoms with Gasteiger partial charge in [0.25, 0.3) is 0 Å². The number of hydrogen-bond donors (Lipinski definition) is 2. The van der Waals surface area contributed by atoms with Crippen molar-refractivity contribution in [2.45, 2.75) is 13.0 Å². The van der Waals surface area contributed by atoms with E-state index >= 15 is 0 Å². The van der Waals surface area contributed by atoms with E-state index in [1.165, 1.54) is 0 Å². The number of aliphatic hydroxyl groups is 1. The fraction of sp³-hybridized carbons (Fsp3) is 0.250. The highest BCUT2D eigenvalue weighted by Gasteiger charge is 2.06. The van der Waals surface area contributed by atoms with Crippen LogP contribution in [0.25, 0.3) is 10.9 Å². The number of hydrogen-bond acceptors (Lipinski definition) is 2. The van der Waals surface area contributed by atoms with Crippen LogP contribution in [0.15, 0.2) is 30.5 Å². The predicted octanol–water partition coefficient (Wildman–Crippen LogP) is 1.72. The van der Waals surface area contributed by atoms with Crippen LogP contribution in [0, 0.1) is 0 Å². The Kier molecular flexibility index (Phi) is 2.92. The Hall–Kier alpha value is -1.81. The third kappa shape index (κ3) is 1.92. The van der Waals surface area contributed by atoms with E-state index in [-0.39, 0.29) is 6.61 Å². The van der Waals surface area contributed by atoms with Gasteiger partial charge in [-0.15, -0.1) is 0 Å². The molecule has 0 saturated heterocycles. The number of aromatic nitrogens is 1. The number of aryl methyl sites for hydroxylation is 1. The molecule has 0 bridgehead atoms. The second-order valence-electron chi connectivity index (χ2n) is 3.67. The lowest BCUT2D eigenvalue weighted by molar-refractivity contribution is 0.0697. The number of carboxylic acids is 1. The summed E-state index contributed by atoms with van der Waals surface area (Å²) in [5.41, 5.74) is 1.30. The van der Waals surface area contributed by atoms with Crippen LogP contribution in [0.4, 0.5) is 0 Å². The van der Waals surface area contributed by atoms with E-state index in [1.54, 1.807) is 18.2 Å². The van der Waals surface area contributed by atoms with Gasteiger partial charge in [0, 0.05) is 30.3 Å². The topological polar surface area (TPSA) is 62.5 Å². The van der Waals surface area contributed by atoms with Gasteiger partial charge in [-0.05, 0) is 30.7 Å². The van der Waals surface area contributed by atoms with E-state index in [1.807, 2.05) is 16.8 Å². The first-order valence-electron chi connectivity index (χ1n) is 5.15. The van der Waals surface area contributed by atoms with Crippen LogP contribution in [0.1, 0.15) is 16.8 Å². The number of aromatic carboxylic acids is 1. The van der Waals surface area contributed by atoms with E-state index in [2.05, 4.69) is 0 Å². The smallest absolute Gasteiger partial charge is 0.335 e. The van der Waals surface area contributed by atoms with Gasteiger partial charge in [0.1, 0.15) is 0 Å². The summed E-state index contributed by atoms with van der Waals surface area (Å²) in [5, 5.41) is 18.5. The number of carbonyl (C=O) groups is 1. The fourth-order valence-electron chi connectivity index (χ4n) is 1.77. The highest BCUT2D eigenvalue weighted by atomic mass is 16.4. The van der Waals surface area contributed by atoms with Crippen molar-refractivity contribution in [1.82, 2.24) is 4.57 Å². The Labute approximate surface area is 92.7 Å². The minimum Gasteiger partial charge on any atom is -0.478 e. The first-order chi connectivity index (χ1) is 7.72. The Morgan fingerprint density at radius 3 is 2.81 bits per heavy atom. The van der Waals surface area contributed by atoms with Gasteiger partial charge in [0.05, 0.1) is 5.56 Å². The van der Waals surface area contributed by atoms with Crippen LogP contribution in [0.5, 0.6) is 0 Å². The molecule has 0 aliphatic heterocycles. The Morgan fingerprint density at radius 2 is 2.12 bits per heavy atom. The van der Waals surface area contributed by atoms with E-state index in [9.17, 15) is 4.79 Å². The van der Waals surface area contributed by atoms with Crippen molar-refractivity contribution in [3.05, 3.63) is 36.0 Å². The van der Waals surface area contributed by atoms with Crippen molar-refractivity contribution in [1.29, 1.82) is 0 Å². The summed E-state index contributed by atoms with van der Waals surface area (Å²) in [6.07, 6.45) is 2.61. The quantitative estimate of drug-likeness (QED) is 0.823. The van der Waals surface area contributed by atoms with Crippen LogP contribution in [-0.2, 0) is 6.54 Å². The molecule has 0 spiro atoms. The second-order valence-corrected chi connectivity index (χ2v) is 3.67. The second kappa shape index (κ2) is 4.37. The summed E-state index contributed by atoms with van der Waals surface area (Å²) in [7, 11) is 0. The summed E-state index contributed by atoms with van der Waals surface area (Å²) in [4.78, 5) is 10.8. The van der Waals surface area contributed by atoms with Crippen LogP contribution in [0.2, 0.25) is 0 Å². The zero-order valence-corrected chi connectivity index (χ0v) is 8.76. The molecule has 1 aromatic carbocycles. The van der Waals surface area contributed by atoms with Gasteiger partial charge >= 0.3 is 5.97 Å². The molecule has 4 nitrogen and oxygen atoms in total. The molecular weight excluding hydrogens is 206 g/mol. The molecule has 1 heterocycles. The lowest BCUT2D eigenvalue weighted by atomic mass is 10.1. The van der Waals surface area contributed by atoms with Crippen molar-refractivity contribution in [2.75, 3.05) is 6.61 Å². The minimum atomic E-state index is -0.912. The van der Waals surface area contributed by atoms with Crippen LogP contribution >= 0.6 is 0 Å². The van der Waals surface area contributed by atoms with E-state index < -0.39 is 5.97 Å². The van der Waals surface area contributed by atoms with Gasteiger partial charge in [-0.1, -0.05) is 0 Å². The molecule has 0 aliphatic rings. The van der Waals surface area contributed by atoms with Crippen molar-refractivity contribution in [3.8, 4) is 0 Å². The monoisotopic (exact) mass is 219 g/mol. The molecule has 0 radical (unpaired) electrons. The number of aliphatic hydroxyl groups excluding tert-OH is 1. The van der Waals surface area contributed by atoms with Crippen molar-refractivity contribution in [2.24, 2.45) is 0 Å². The number of fused-ring (bicyclic) bond motifs is 1. The zero-order chi connectivity index (χ0) is 11.5. The predicted molar refractivity (Wildman–Crippen MR) is 60.6 cm³/mol. The average Bonchev–Trinajstić information content (AvgIpc) is 2.68. The Bertz CT molecular complexity index is 516. The Morgan fingerprint density at radius 1 is 1.31 bits per heavy atom. The van der Waals surface area contributed by atoms with Crippen molar-refractivity contribution < 1.29 is 15.0 Å². The lowest BCUT2D eigenvalue weighted by Crippen LogP contribution is -1.99. The normalized spacial score (nSPS) is 10.8. The molecule has 1 aromatic heterocycles. The SMILES string of the molecule is O=C(O)c1ccc2c(ccn2CCCO)c1. The van der Waals surface area contributed by atoms with Crippen molar-refractivity contribution in [3.63, 3.8) is 0 Å². The molecule has 2 N–H and O–H groups in total. The van der Waals surface area contributed by atoms with Gasteiger partial charge in [-0.25, -0.2) is 4.79 Å². The standard InChI is InChI=1S/C12H13NO3/c14-7-1-5-13-6-4-9-8-10(12(15)16)2-3-11(9)13/h2-4,6,8,14H,1,5,7H2,(H,15,16). The largest absolute Gasteiger partial charge is 0.478 e. The fourth-order valence-corrected chi connectivity index (χ4v) is 1.77. The average molecular weight is 219 g/mol. The first kappa shape index (κ1) is 10.7. The van der Waals surface area contributed by atoms with Crippen LogP contribution in [0.3, 0.4) is 0 Å². The molecule has 0 atom stereocenters. The molecule has 0 fully saturated rings. The summed E-state index contributed by atoms with van der Waals surface area (Å²) in [6, 6.07) is 6.95. The molecule has 0 amide bonds. The van der Waals surface area contributed by atoms with E-state index in [0.717, 1.165) is 17.4 Å². The highest BCUT2D eigenvalue weighted by Crippen LogP contribution is 2.18. The third-order valence-corrected chi connectivity index (χ3v) is 2.58. The van der Waals surface area contributed by atoms with Gasteiger partial charge in [0.2, 0.25) is 0 Å². The maximum Gasteiger partial charge on any atom is 0.335 e. The molecule has 84 valence electrons. The van der Waals surface area contributed by atoms with E-state index in [0.29, 0.717) is 12.0 Å². The van der Waals surface area contributed by atoms with Gasteiger partial charge in [-0.2, -0.15) is 0 Å². The summed E-state index contributed by atoms with van der Waals surface area (Å²) >= 11 is 0. The first-order valence-corrected chi connectivity index (χ1v) is 5.15. The number of carboxylic acid groups (broad SMARTS) is 1. The number of benzene rings is 1. The highest BCUT2D eigenvalue weighted by molar-refractivity contribution is 5.93. The van der Waals surface area contributed by atoms with E-state index in [4.69, 9.17) is 10.2 Å². The number of rotatable bonds is 4. The van der Waals surface area contributed by atoms with Crippen LogP contribution < -0.4 is 0 Å². The molecule has 0 aliphatic carbocycles. The minimum absolute atomic E-state index is 0.160. The van der Waals surface area contributed by atoms with Crippen LogP contribution in [-0.4, -0.2) is 27.4 Å². The molecule has 16 heavy (non-hydrogen) atoms. The van der Waals surface area contributed by atoms with Gasteiger partial charge in [-0.3, -0.25) is 0 Å². The summed E-state index contributed by atoms with van der Waals surface area (Å²) in [5.74, 6) is -0.912. The molecule has 2 aromatic rings. The van der Waals surface area contributed by atoms with Gasteiger partial charge in [0.15, 0.2) is 0 Å². The van der Waals surface area contributed by atoms with Gasteiger partial charge < -0.3 is 14.8 Å².